The van der Waals surface area contributed by atoms with Gasteiger partial charge in [-0.1, -0.05) is 18.2 Å². The predicted molar refractivity (Wildman–Crippen MR) is 111 cm³/mol. The van der Waals surface area contributed by atoms with E-state index in [0.29, 0.717) is 31.8 Å². The first kappa shape index (κ1) is 20.5. The van der Waals surface area contributed by atoms with E-state index in [-0.39, 0.29) is 5.91 Å². The maximum absolute atomic E-state index is 12.3. The summed E-state index contributed by atoms with van der Waals surface area (Å²) in [6.07, 6.45) is 1.59. The highest BCUT2D eigenvalue weighted by molar-refractivity contribution is 5.94. The third-order valence-electron chi connectivity index (χ3n) is 4.38. The Morgan fingerprint density at radius 3 is 2.52 bits per heavy atom. The summed E-state index contributed by atoms with van der Waals surface area (Å²) in [4.78, 5) is 12.3. The Bertz CT molecular complexity index is 922. The first-order valence-corrected chi connectivity index (χ1v) is 9.59. The molecule has 2 aromatic carbocycles. The number of hydrogen-bond donors (Lipinski definition) is 2. The first-order valence-electron chi connectivity index (χ1n) is 9.59. The minimum atomic E-state index is -0.125. The molecule has 2 N–H and O–H groups in total. The Morgan fingerprint density at radius 2 is 1.79 bits per heavy atom. The Morgan fingerprint density at radius 1 is 0.966 bits per heavy atom. The van der Waals surface area contributed by atoms with Crippen LogP contribution in [0.5, 0.6) is 11.5 Å². The maximum Gasteiger partial charge on any atom is 0.251 e. The van der Waals surface area contributed by atoms with E-state index in [2.05, 4.69) is 10.6 Å². The average Bonchev–Trinajstić information content (AvgIpc) is 3.26. The summed E-state index contributed by atoms with van der Waals surface area (Å²) in [6, 6.07) is 17.1. The molecular formula is C23H26N2O4. The highest BCUT2D eigenvalue weighted by Gasteiger charge is 2.08. The van der Waals surface area contributed by atoms with E-state index in [9.17, 15) is 4.79 Å². The highest BCUT2D eigenvalue weighted by Crippen LogP contribution is 2.28. The molecule has 6 nitrogen and oxygen atoms in total. The number of nitrogens with one attached hydrogen (secondary N) is 2. The Hall–Kier alpha value is -3.25. The summed E-state index contributed by atoms with van der Waals surface area (Å²) in [5.41, 5.74) is 2.76. The van der Waals surface area contributed by atoms with Gasteiger partial charge in [-0.2, -0.15) is 0 Å². The maximum atomic E-state index is 12.3. The van der Waals surface area contributed by atoms with Crippen LogP contribution in [-0.2, 0) is 19.6 Å². The smallest absolute Gasteiger partial charge is 0.251 e. The van der Waals surface area contributed by atoms with Gasteiger partial charge >= 0.3 is 0 Å². The normalized spacial score (nSPS) is 10.6. The van der Waals surface area contributed by atoms with Gasteiger partial charge in [0.15, 0.2) is 11.5 Å². The van der Waals surface area contributed by atoms with Crippen molar-refractivity contribution < 1.29 is 18.7 Å². The van der Waals surface area contributed by atoms with Crippen LogP contribution in [0.25, 0.3) is 0 Å². The van der Waals surface area contributed by atoms with Crippen molar-refractivity contribution in [1.82, 2.24) is 10.6 Å². The second kappa shape index (κ2) is 10.3. The van der Waals surface area contributed by atoms with Crippen molar-refractivity contribution in [2.45, 2.75) is 26.6 Å². The number of amides is 1. The quantitative estimate of drug-likeness (QED) is 0.546. The summed E-state index contributed by atoms with van der Waals surface area (Å²) in [6.45, 7) is 4.23. The van der Waals surface area contributed by atoms with Crippen LogP contribution < -0.4 is 20.1 Å². The van der Waals surface area contributed by atoms with Gasteiger partial charge in [-0.15, -0.1) is 0 Å². The lowest BCUT2D eigenvalue weighted by molar-refractivity contribution is 0.0948. The van der Waals surface area contributed by atoms with Crippen molar-refractivity contribution in [3.63, 3.8) is 0 Å². The van der Waals surface area contributed by atoms with Gasteiger partial charge in [-0.05, 0) is 54.4 Å². The highest BCUT2D eigenvalue weighted by atomic mass is 16.5. The molecule has 0 spiro atoms. The van der Waals surface area contributed by atoms with Gasteiger partial charge in [-0.3, -0.25) is 4.79 Å². The molecule has 0 saturated heterocycles. The largest absolute Gasteiger partial charge is 0.493 e. The van der Waals surface area contributed by atoms with Crippen LogP contribution in [0.3, 0.4) is 0 Å². The van der Waals surface area contributed by atoms with Gasteiger partial charge in [0.05, 0.1) is 26.5 Å². The summed E-state index contributed by atoms with van der Waals surface area (Å²) in [5, 5.41) is 6.26. The van der Waals surface area contributed by atoms with Gasteiger partial charge in [0.1, 0.15) is 5.76 Å². The number of rotatable bonds is 10. The minimum Gasteiger partial charge on any atom is -0.493 e. The van der Waals surface area contributed by atoms with Crippen LogP contribution in [0.1, 0.15) is 34.2 Å². The van der Waals surface area contributed by atoms with Crippen LogP contribution in [0.4, 0.5) is 0 Å². The second-order valence-electron chi connectivity index (χ2n) is 6.48. The number of carbonyl (C=O) groups is 1. The molecule has 0 fully saturated rings. The zero-order valence-electron chi connectivity index (χ0n) is 16.7. The monoisotopic (exact) mass is 394 g/mol. The molecule has 3 aromatic rings. The van der Waals surface area contributed by atoms with Crippen molar-refractivity contribution in [2.75, 3.05) is 13.7 Å². The topological polar surface area (TPSA) is 72.7 Å². The lowest BCUT2D eigenvalue weighted by Gasteiger charge is -2.12. The second-order valence-corrected chi connectivity index (χ2v) is 6.48. The van der Waals surface area contributed by atoms with Gasteiger partial charge in [0, 0.05) is 18.7 Å². The van der Waals surface area contributed by atoms with E-state index < -0.39 is 0 Å². The molecule has 6 heteroatoms. The third-order valence-corrected chi connectivity index (χ3v) is 4.38. The van der Waals surface area contributed by atoms with Crippen LogP contribution in [0.2, 0.25) is 0 Å². The summed E-state index contributed by atoms with van der Waals surface area (Å²) in [5.74, 6) is 2.07. The van der Waals surface area contributed by atoms with E-state index in [1.165, 1.54) is 0 Å². The molecule has 1 amide bonds. The molecular weight excluding hydrogens is 368 g/mol. The molecule has 0 bridgehead atoms. The van der Waals surface area contributed by atoms with Gasteiger partial charge in [0.25, 0.3) is 5.91 Å². The van der Waals surface area contributed by atoms with Crippen LogP contribution in [0.15, 0.2) is 65.3 Å². The number of methoxy groups -OCH3 is 1. The van der Waals surface area contributed by atoms with Crippen LogP contribution >= 0.6 is 0 Å². The fourth-order valence-electron chi connectivity index (χ4n) is 2.96. The molecule has 0 atom stereocenters. The fourth-order valence-corrected chi connectivity index (χ4v) is 2.96. The number of carbonyl (C=O) groups excluding carboxylic acids is 1. The van der Waals surface area contributed by atoms with Gasteiger partial charge in [-0.25, -0.2) is 0 Å². The summed E-state index contributed by atoms with van der Waals surface area (Å²) < 4.78 is 16.2. The molecule has 0 saturated carbocycles. The number of furan rings is 1. The third kappa shape index (κ3) is 5.86. The molecule has 0 unspecified atom stereocenters. The van der Waals surface area contributed by atoms with Crippen LogP contribution in [-0.4, -0.2) is 19.6 Å². The fraction of sp³-hybridized carbons (Fsp3) is 0.261. The lowest BCUT2D eigenvalue weighted by Crippen LogP contribution is -2.23. The Balaban J connectivity index is 1.54. The summed E-state index contributed by atoms with van der Waals surface area (Å²) >= 11 is 0. The molecule has 152 valence electrons. The number of hydrogen-bond acceptors (Lipinski definition) is 5. The molecule has 0 aliphatic rings. The zero-order valence-corrected chi connectivity index (χ0v) is 16.7. The van der Waals surface area contributed by atoms with Crippen molar-refractivity contribution in [2.24, 2.45) is 0 Å². The predicted octanol–water partition coefficient (Wildman–Crippen LogP) is 3.91. The molecule has 1 aromatic heterocycles. The standard InChI is InChI=1S/C23H26N2O4/c1-3-28-22-13-18(9-10-21(22)27-2)15-24-14-17-6-4-7-19(12-17)23(26)25-16-20-8-5-11-29-20/h4-13,24H,3,14-16H2,1-2H3,(H,25,26). The summed E-state index contributed by atoms with van der Waals surface area (Å²) in [7, 11) is 1.63. The molecule has 3 rings (SSSR count). The SMILES string of the molecule is CCOc1cc(CNCc2cccc(C(=O)NCc3ccco3)c2)ccc1OC. The van der Waals surface area contributed by atoms with Gasteiger partial charge < -0.3 is 24.5 Å². The van der Waals surface area contributed by atoms with E-state index in [0.717, 1.165) is 28.4 Å². The van der Waals surface area contributed by atoms with E-state index >= 15 is 0 Å². The lowest BCUT2D eigenvalue weighted by atomic mass is 10.1. The molecule has 29 heavy (non-hydrogen) atoms. The van der Waals surface area contributed by atoms with E-state index in [1.54, 1.807) is 25.5 Å². The van der Waals surface area contributed by atoms with Gasteiger partial charge in [0.2, 0.25) is 0 Å². The van der Waals surface area contributed by atoms with E-state index in [4.69, 9.17) is 13.9 Å². The number of benzene rings is 2. The molecule has 1 heterocycles. The molecule has 0 radical (unpaired) electrons. The Labute approximate surface area is 170 Å². The van der Waals surface area contributed by atoms with Crippen LogP contribution in [0, 0.1) is 0 Å². The van der Waals surface area contributed by atoms with Crippen molar-refractivity contribution >= 4 is 5.91 Å². The average molecular weight is 394 g/mol. The zero-order chi connectivity index (χ0) is 20.5. The first-order chi connectivity index (χ1) is 14.2. The number of ether oxygens (including phenoxy) is 2. The van der Waals surface area contributed by atoms with E-state index in [1.807, 2.05) is 49.4 Å². The van der Waals surface area contributed by atoms with Crippen molar-refractivity contribution in [3.8, 4) is 11.5 Å². The Kier molecular flexibility index (Phi) is 7.30. The van der Waals surface area contributed by atoms with Crippen molar-refractivity contribution in [1.29, 1.82) is 0 Å². The van der Waals surface area contributed by atoms with Crippen molar-refractivity contribution in [3.05, 3.63) is 83.3 Å². The molecule has 0 aliphatic carbocycles. The minimum absolute atomic E-state index is 0.125. The molecule has 0 aliphatic heterocycles.